The van der Waals surface area contributed by atoms with Crippen LogP contribution in [0.4, 0.5) is 0 Å². The van der Waals surface area contributed by atoms with Crippen molar-refractivity contribution in [2.75, 3.05) is 6.54 Å². The van der Waals surface area contributed by atoms with Crippen molar-refractivity contribution >= 4 is 5.96 Å². The second-order valence-electron chi connectivity index (χ2n) is 4.56. The zero-order valence-electron chi connectivity index (χ0n) is 11.1. The standard InChI is InChI=1S/C12H22N4O/c1-8(2)5-6-14-12(13)15-7-11-16-9(3)10(4)17-11/h8H,5-7H2,1-4H3,(H3,13,14,15). The zero-order valence-corrected chi connectivity index (χ0v) is 11.1. The summed E-state index contributed by atoms with van der Waals surface area (Å²) in [5.41, 5.74) is 6.63. The van der Waals surface area contributed by atoms with Crippen molar-refractivity contribution in [3.63, 3.8) is 0 Å². The fourth-order valence-corrected chi connectivity index (χ4v) is 1.30. The number of oxazole rings is 1. The van der Waals surface area contributed by atoms with E-state index in [9.17, 15) is 0 Å². The lowest BCUT2D eigenvalue weighted by Gasteiger charge is -2.06. The highest BCUT2D eigenvalue weighted by Crippen LogP contribution is 2.08. The Bertz CT molecular complexity index is 362. The zero-order chi connectivity index (χ0) is 12.8. The first-order chi connectivity index (χ1) is 7.99. The Hall–Kier alpha value is -1.52. The molecule has 0 atom stereocenters. The molecule has 96 valence electrons. The topological polar surface area (TPSA) is 76.4 Å². The molecule has 0 radical (unpaired) electrons. The lowest BCUT2D eigenvalue weighted by molar-refractivity contribution is 0.473. The fourth-order valence-electron chi connectivity index (χ4n) is 1.30. The van der Waals surface area contributed by atoms with Gasteiger partial charge in [0.15, 0.2) is 5.96 Å². The van der Waals surface area contributed by atoms with Crippen LogP contribution < -0.4 is 11.1 Å². The molecule has 1 aromatic heterocycles. The van der Waals surface area contributed by atoms with Crippen LogP contribution in [-0.4, -0.2) is 17.5 Å². The van der Waals surface area contributed by atoms with Crippen LogP contribution in [0.3, 0.4) is 0 Å². The first kappa shape index (κ1) is 13.5. The molecule has 1 aromatic rings. The predicted octanol–water partition coefficient (Wildman–Crippen LogP) is 1.74. The number of hydrogen-bond donors (Lipinski definition) is 2. The molecule has 0 bridgehead atoms. The molecule has 0 amide bonds. The van der Waals surface area contributed by atoms with Crippen LogP contribution in [0.1, 0.15) is 37.6 Å². The molecule has 0 unspecified atom stereocenters. The fraction of sp³-hybridized carbons (Fsp3) is 0.667. The lowest BCUT2D eigenvalue weighted by atomic mass is 10.1. The molecule has 0 spiro atoms. The van der Waals surface area contributed by atoms with Crippen molar-refractivity contribution < 1.29 is 4.42 Å². The molecule has 5 nitrogen and oxygen atoms in total. The van der Waals surface area contributed by atoms with E-state index in [1.165, 1.54) is 0 Å². The molecule has 0 aliphatic rings. The Kier molecular flexibility index (Phi) is 5.00. The summed E-state index contributed by atoms with van der Waals surface area (Å²) in [4.78, 5) is 8.41. The molecule has 0 saturated heterocycles. The van der Waals surface area contributed by atoms with Gasteiger partial charge in [-0.1, -0.05) is 13.8 Å². The number of guanidine groups is 1. The summed E-state index contributed by atoms with van der Waals surface area (Å²) in [6, 6.07) is 0. The number of hydrogen-bond acceptors (Lipinski definition) is 3. The van der Waals surface area contributed by atoms with Gasteiger partial charge < -0.3 is 15.5 Å². The number of aryl methyl sites for hydroxylation is 2. The molecule has 17 heavy (non-hydrogen) atoms. The normalized spacial score (nSPS) is 12.2. The van der Waals surface area contributed by atoms with E-state index >= 15 is 0 Å². The van der Waals surface area contributed by atoms with E-state index in [-0.39, 0.29) is 0 Å². The summed E-state index contributed by atoms with van der Waals surface area (Å²) in [6.07, 6.45) is 1.08. The lowest BCUT2D eigenvalue weighted by Crippen LogP contribution is -2.32. The van der Waals surface area contributed by atoms with Gasteiger partial charge >= 0.3 is 0 Å². The Morgan fingerprint density at radius 2 is 2.18 bits per heavy atom. The van der Waals surface area contributed by atoms with Crippen molar-refractivity contribution in [2.45, 2.75) is 40.7 Å². The first-order valence-corrected chi connectivity index (χ1v) is 5.95. The molecular weight excluding hydrogens is 216 g/mol. The molecule has 0 aliphatic heterocycles. The van der Waals surface area contributed by atoms with Gasteiger partial charge in [0.05, 0.1) is 5.69 Å². The molecular formula is C12H22N4O. The van der Waals surface area contributed by atoms with Gasteiger partial charge in [-0.05, 0) is 26.2 Å². The van der Waals surface area contributed by atoms with Gasteiger partial charge in [-0.3, -0.25) is 0 Å². The van der Waals surface area contributed by atoms with E-state index in [4.69, 9.17) is 10.2 Å². The van der Waals surface area contributed by atoms with Crippen LogP contribution >= 0.6 is 0 Å². The summed E-state index contributed by atoms with van der Waals surface area (Å²) in [6.45, 7) is 9.38. The Morgan fingerprint density at radius 1 is 1.47 bits per heavy atom. The molecule has 0 aromatic carbocycles. The van der Waals surface area contributed by atoms with Crippen molar-refractivity contribution in [3.8, 4) is 0 Å². The largest absolute Gasteiger partial charge is 0.444 e. The van der Waals surface area contributed by atoms with Crippen molar-refractivity contribution in [1.82, 2.24) is 10.3 Å². The van der Waals surface area contributed by atoms with Crippen LogP contribution in [0.25, 0.3) is 0 Å². The van der Waals surface area contributed by atoms with Crippen molar-refractivity contribution in [3.05, 3.63) is 17.3 Å². The van der Waals surface area contributed by atoms with Gasteiger partial charge in [-0.25, -0.2) is 9.98 Å². The maximum absolute atomic E-state index is 5.72. The van der Waals surface area contributed by atoms with Gasteiger partial charge in [-0.2, -0.15) is 0 Å². The van der Waals surface area contributed by atoms with Gasteiger partial charge in [0, 0.05) is 6.54 Å². The third kappa shape index (κ3) is 4.89. The van der Waals surface area contributed by atoms with Crippen LogP contribution in [0.2, 0.25) is 0 Å². The SMILES string of the molecule is Cc1nc(CN=C(N)NCCC(C)C)oc1C. The average molecular weight is 238 g/mol. The van der Waals surface area contributed by atoms with E-state index in [1.807, 2.05) is 13.8 Å². The maximum atomic E-state index is 5.72. The second-order valence-corrected chi connectivity index (χ2v) is 4.56. The molecule has 0 aliphatic carbocycles. The quantitative estimate of drug-likeness (QED) is 0.605. The highest BCUT2D eigenvalue weighted by atomic mass is 16.4. The Morgan fingerprint density at radius 3 is 2.71 bits per heavy atom. The molecule has 1 heterocycles. The second kappa shape index (κ2) is 6.27. The third-order valence-corrected chi connectivity index (χ3v) is 2.49. The van der Waals surface area contributed by atoms with Crippen LogP contribution in [0, 0.1) is 19.8 Å². The van der Waals surface area contributed by atoms with E-state index in [2.05, 4.69) is 29.1 Å². The molecule has 3 N–H and O–H groups in total. The minimum absolute atomic E-state index is 0.384. The molecule has 1 rings (SSSR count). The third-order valence-electron chi connectivity index (χ3n) is 2.49. The highest BCUT2D eigenvalue weighted by Gasteiger charge is 2.04. The predicted molar refractivity (Wildman–Crippen MR) is 68.8 cm³/mol. The smallest absolute Gasteiger partial charge is 0.216 e. The van der Waals surface area contributed by atoms with E-state index in [1.54, 1.807) is 0 Å². The summed E-state index contributed by atoms with van der Waals surface area (Å²) in [5.74, 6) is 2.54. The molecule has 5 heteroatoms. The number of aromatic nitrogens is 1. The Labute approximate surface area is 103 Å². The highest BCUT2D eigenvalue weighted by molar-refractivity contribution is 5.77. The van der Waals surface area contributed by atoms with Crippen molar-refractivity contribution in [1.29, 1.82) is 0 Å². The molecule has 0 fully saturated rings. The number of nitrogens with two attached hydrogens (primary N) is 1. The number of nitrogens with one attached hydrogen (secondary N) is 1. The van der Waals surface area contributed by atoms with Crippen LogP contribution in [0.15, 0.2) is 9.41 Å². The van der Waals surface area contributed by atoms with E-state index in [0.717, 1.165) is 24.4 Å². The van der Waals surface area contributed by atoms with Gasteiger partial charge in [-0.15, -0.1) is 0 Å². The number of nitrogens with zero attached hydrogens (tertiary/aromatic N) is 2. The van der Waals surface area contributed by atoms with Gasteiger partial charge in [0.2, 0.25) is 5.89 Å². The maximum Gasteiger partial charge on any atom is 0.216 e. The summed E-state index contributed by atoms with van der Waals surface area (Å²) >= 11 is 0. The van der Waals surface area contributed by atoms with Crippen LogP contribution in [0.5, 0.6) is 0 Å². The van der Waals surface area contributed by atoms with Gasteiger partial charge in [0.25, 0.3) is 0 Å². The summed E-state index contributed by atoms with van der Waals surface area (Å²) in [7, 11) is 0. The average Bonchev–Trinajstić information content (AvgIpc) is 2.55. The summed E-state index contributed by atoms with van der Waals surface area (Å²) in [5, 5.41) is 3.06. The Balaban J connectivity index is 2.37. The minimum Gasteiger partial charge on any atom is -0.444 e. The first-order valence-electron chi connectivity index (χ1n) is 5.95. The summed E-state index contributed by atoms with van der Waals surface area (Å²) < 4.78 is 5.41. The van der Waals surface area contributed by atoms with E-state index < -0.39 is 0 Å². The minimum atomic E-state index is 0.384. The van der Waals surface area contributed by atoms with Gasteiger partial charge in [0.1, 0.15) is 12.3 Å². The number of rotatable bonds is 5. The van der Waals surface area contributed by atoms with Crippen LogP contribution in [-0.2, 0) is 6.54 Å². The van der Waals surface area contributed by atoms with Crippen molar-refractivity contribution in [2.24, 2.45) is 16.6 Å². The monoisotopic (exact) mass is 238 g/mol. The van der Waals surface area contributed by atoms with E-state index in [0.29, 0.717) is 24.3 Å². The number of aliphatic imine (C=N–C) groups is 1. The molecule has 0 saturated carbocycles.